The Balaban J connectivity index is 2.37. The Labute approximate surface area is 99.0 Å². The first kappa shape index (κ1) is 11.6. The molecule has 2 heterocycles. The van der Waals surface area contributed by atoms with Crippen LogP contribution in [0.4, 0.5) is 5.82 Å². The summed E-state index contributed by atoms with van der Waals surface area (Å²) in [6, 6.07) is 0. The summed E-state index contributed by atoms with van der Waals surface area (Å²) in [6.07, 6.45) is 0. The first-order valence-electron chi connectivity index (χ1n) is 4.65. The van der Waals surface area contributed by atoms with Crippen LogP contribution in [-0.2, 0) is 9.59 Å². The summed E-state index contributed by atoms with van der Waals surface area (Å²) in [5.41, 5.74) is 0.0384. The van der Waals surface area contributed by atoms with Crippen LogP contribution in [0.25, 0.3) is 11.5 Å². The highest BCUT2D eigenvalue weighted by Gasteiger charge is 2.21. The fourth-order valence-electron chi connectivity index (χ4n) is 1.08. The fourth-order valence-corrected chi connectivity index (χ4v) is 1.08. The van der Waals surface area contributed by atoms with Crippen LogP contribution in [0.3, 0.4) is 0 Å². The van der Waals surface area contributed by atoms with Gasteiger partial charge in [-0.05, 0) is 25.6 Å². The van der Waals surface area contributed by atoms with E-state index >= 15 is 0 Å². The van der Waals surface area contributed by atoms with Gasteiger partial charge in [0.25, 0.3) is 0 Å². The Morgan fingerprint density at radius 1 is 1.33 bits per heavy atom. The molecule has 0 saturated heterocycles. The van der Waals surface area contributed by atoms with Gasteiger partial charge in [0.15, 0.2) is 0 Å². The van der Waals surface area contributed by atoms with Crippen molar-refractivity contribution in [2.45, 2.75) is 13.8 Å². The molecule has 0 bridgehead atoms. The number of carbonyl (C=O) groups is 2. The molecular formula is C7H7N7O4. The molecule has 0 aliphatic rings. The monoisotopic (exact) mass is 253 g/mol. The lowest BCUT2D eigenvalue weighted by Gasteiger charge is -2.00. The molecule has 0 aliphatic heterocycles. The maximum Gasteiger partial charge on any atom is 0.332 e. The molecule has 2 aromatic rings. The average molecular weight is 253 g/mol. The third kappa shape index (κ3) is 2.28. The van der Waals surface area contributed by atoms with Crippen LogP contribution in [0.1, 0.15) is 13.8 Å². The van der Waals surface area contributed by atoms with Gasteiger partial charge < -0.3 is 10.2 Å². The number of tetrazole rings is 1. The van der Waals surface area contributed by atoms with Crippen LogP contribution in [0.2, 0.25) is 0 Å². The van der Waals surface area contributed by atoms with Crippen molar-refractivity contribution < 1.29 is 19.1 Å². The van der Waals surface area contributed by atoms with Gasteiger partial charge in [-0.25, -0.2) is 9.42 Å². The van der Waals surface area contributed by atoms with Gasteiger partial charge in [-0.15, -0.1) is 5.10 Å². The van der Waals surface area contributed by atoms with Crippen LogP contribution in [0, 0.1) is 0 Å². The highest BCUT2D eigenvalue weighted by molar-refractivity contribution is 5.90. The van der Waals surface area contributed by atoms with Crippen molar-refractivity contribution in [2.75, 3.05) is 5.32 Å². The fraction of sp³-hybridized carbons (Fsp3) is 0.286. The summed E-state index contributed by atoms with van der Waals surface area (Å²) < 4.78 is 4.47. The first-order chi connectivity index (χ1) is 8.58. The van der Waals surface area contributed by atoms with Gasteiger partial charge in [0.2, 0.25) is 23.2 Å². The summed E-state index contributed by atoms with van der Waals surface area (Å²) in [4.78, 5) is 27.2. The lowest BCUT2D eigenvalue weighted by atomic mass is 10.4. The number of carbonyl (C=O) groups excluding carboxylic acids is 2. The Hall–Kier alpha value is -2.85. The van der Waals surface area contributed by atoms with E-state index in [2.05, 4.69) is 40.6 Å². The number of hydrogen-bond acceptors (Lipinski definition) is 9. The molecule has 94 valence electrons. The number of amides is 1. The molecule has 2 aromatic heterocycles. The van der Waals surface area contributed by atoms with Crippen molar-refractivity contribution in [3.05, 3.63) is 0 Å². The summed E-state index contributed by atoms with van der Waals surface area (Å²) in [5.74, 6) is -1.01. The minimum absolute atomic E-state index is 0.0192. The molecule has 0 unspecified atom stereocenters. The number of aromatic nitrogens is 6. The van der Waals surface area contributed by atoms with E-state index in [0.717, 1.165) is 4.85 Å². The first-order valence-corrected chi connectivity index (χ1v) is 4.65. The molecule has 1 N–H and O–H groups in total. The summed E-state index contributed by atoms with van der Waals surface area (Å²) in [6.45, 7) is 2.47. The molecule has 18 heavy (non-hydrogen) atoms. The summed E-state index contributed by atoms with van der Waals surface area (Å²) in [5, 5.41) is 19.7. The maximum absolute atomic E-state index is 10.9. The SMILES string of the molecule is CC(=O)Nc1nonc1-c1nnnn1OC(C)=O. The Kier molecular flexibility index (Phi) is 2.95. The van der Waals surface area contributed by atoms with E-state index in [1.165, 1.54) is 13.8 Å². The zero-order chi connectivity index (χ0) is 13.1. The summed E-state index contributed by atoms with van der Waals surface area (Å²) in [7, 11) is 0. The molecular weight excluding hydrogens is 246 g/mol. The molecule has 0 atom stereocenters. The Morgan fingerprint density at radius 2 is 2.11 bits per heavy atom. The van der Waals surface area contributed by atoms with E-state index in [1.807, 2.05) is 0 Å². The second kappa shape index (κ2) is 4.57. The van der Waals surface area contributed by atoms with Crippen molar-refractivity contribution in [3.63, 3.8) is 0 Å². The second-order valence-electron chi connectivity index (χ2n) is 3.10. The van der Waals surface area contributed by atoms with Crippen molar-refractivity contribution in [1.82, 2.24) is 30.7 Å². The van der Waals surface area contributed by atoms with Crippen molar-refractivity contribution in [3.8, 4) is 11.5 Å². The molecule has 0 aromatic carbocycles. The third-order valence-corrected chi connectivity index (χ3v) is 1.65. The van der Waals surface area contributed by atoms with Crippen molar-refractivity contribution >= 4 is 17.7 Å². The minimum Gasteiger partial charge on any atom is -0.316 e. The number of rotatable bonds is 3. The van der Waals surface area contributed by atoms with E-state index in [4.69, 9.17) is 0 Å². The van der Waals surface area contributed by atoms with E-state index in [9.17, 15) is 9.59 Å². The topological polar surface area (TPSA) is 138 Å². The lowest BCUT2D eigenvalue weighted by molar-refractivity contribution is -0.143. The average Bonchev–Trinajstić information content (AvgIpc) is 2.85. The number of nitrogens with zero attached hydrogens (tertiary/aromatic N) is 6. The molecule has 1 amide bonds. The van der Waals surface area contributed by atoms with Crippen LogP contribution in [0.15, 0.2) is 4.63 Å². The summed E-state index contributed by atoms with van der Waals surface area (Å²) >= 11 is 0. The highest BCUT2D eigenvalue weighted by Crippen LogP contribution is 2.20. The zero-order valence-corrected chi connectivity index (χ0v) is 9.32. The maximum atomic E-state index is 10.9. The molecule has 0 spiro atoms. The second-order valence-corrected chi connectivity index (χ2v) is 3.10. The van der Waals surface area contributed by atoms with Gasteiger partial charge in [0.05, 0.1) is 0 Å². The molecule has 11 heteroatoms. The van der Waals surface area contributed by atoms with Gasteiger partial charge in [-0.2, -0.15) is 0 Å². The molecule has 0 radical (unpaired) electrons. The number of anilines is 1. The van der Waals surface area contributed by atoms with E-state index in [-0.39, 0.29) is 23.2 Å². The zero-order valence-electron chi connectivity index (χ0n) is 9.32. The van der Waals surface area contributed by atoms with Crippen LogP contribution in [-0.4, -0.2) is 42.6 Å². The predicted octanol–water partition coefficient (Wildman–Crippen LogP) is -1.34. The van der Waals surface area contributed by atoms with E-state index in [1.54, 1.807) is 0 Å². The van der Waals surface area contributed by atoms with Gasteiger partial charge in [0, 0.05) is 13.8 Å². The molecule has 0 fully saturated rings. The largest absolute Gasteiger partial charge is 0.332 e. The smallest absolute Gasteiger partial charge is 0.316 e. The minimum atomic E-state index is -0.624. The standard InChI is InChI=1S/C7H7N7O4/c1-3(15)8-6-5(10-18-11-6)7-9-12-13-14(7)17-4(2)16/h1-2H3,(H,8,11,15). The Bertz CT molecular complexity index is 536. The predicted molar refractivity (Wildman–Crippen MR) is 52.7 cm³/mol. The van der Waals surface area contributed by atoms with E-state index in [0.29, 0.717) is 0 Å². The quantitative estimate of drug-likeness (QED) is 0.658. The molecule has 2 rings (SSSR count). The Morgan fingerprint density at radius 3 is 2.78 bits per heavy atom. The van der Waals surface area contributed by atoms with Gasteiger partial charge in [-0.3, -0.25) is 4.79 Å². The molecule has 11 nitrogen and oxygen atoms in total. The molecule has 0 saturated carbocycles. The van der Waals surface area contributed by atoms with E-state index < -0.39 is 5.97 Å². The molecule has 0 aliphatic carbocycles. The lowest BCUT2D eigenvalue weighted by Crippen LogP contribution is -2.19. The number of hydrogen-bond donors (Lipinski definition) is 1. The van der Waals surface area contributed by atoms with Gasteiger partial charge >= 0.3 is 5.97 Å². The number of nitrogens with one attached hydrogen (secondary N) is 1. The van der Waals surface area contributed by atoms with Crippen LogP contribution in [0.5, 0.6) is 0 Å². The van der Waals surface area contributed by atoms with Crippen molar-refractivity contribution in [2.24, 2.45) is 0 Å². The van der Waals surface area contributed by atoms with Gasteiger partial charge in [0.1, 0.15) is 0 Å². The van der Waals surface area contributed by atoms with Gasteiger partial charge in [-0.1, -0.05) is 0 Å². The normalized spacial score (nSPS) is 10.1. The third-order valence-electron chi connectivity index (χ3n) is 1.65. The highest BCUT2D eigenvalue weighted by atomic mass is 16.7. The van der Waals surface area contributed by atoms with Crippen molar-refractivity contribution in [1.29, 1.82) is 0 Å². The van der Waals surface area contributed by atoms with Crippen LogP contribution >= 0.6 is 0 Å². The van der Waals surface area contributed by atoms with Crippen LogP contribution < -0.4 is 10.2 Å².